The maximum absolute atomic E-state index is 12.6. The number of benzene rings is 2. The first-order valence-corrected chi connectivity index (χ1v) is 11.3. The molecule has 5 rings (SSSR count). The fraction of sp³-hybridized carbons (Fsp3) is 0.192. The Labute approximate surface area is 197 Å². The van der Waals surface area contributed by atoms with Gasteiger partial charge in [0.1, 0.15) is 0 Å². The van der Waals surface area contributed by atoms with Gasteiger partial charge in [0.25, 0.3) is 0 Å². The molecule has 0 aliphatic carbocycles. The summed E-state index contributed by atoms with van der Waals surface area (Å²) < 4.78 is 0. The van der Waals surface area contributed by atoms with E-state index in [1.165, 1.54) is 0 Å². The van der Waals surface area contributed by atoms with Crippen LogP contribution in [-0.4, -0.2) is 29.0 Å². The number of nitrogens with zero attached hydrogens (tertiary/aromatic N) is 2. The second-order valence-electron chi connectivity index (χ2n) is 8.00. The van der Waals surface area contributed by atoms with Crippen molar-refractivity contribution in [2.75, 3.05) is 23.7 Å². The van der Waals surface area contributed by atoms with Crippen LogP contribution in [0.25, 0.3) is 22.0 Å². The molecule has 1 aliphatic rings. The molecule has 0 spiro atoms. The van der Waals surface area contributed by atoms with Crippen molar-refractivity contribution in [2.24, 2.45) is 5.92 Å². The average Bonchev–Trinajstić information content (AvgIpc) is 2.86. The zero-order valence-electron chi connectivity index (χ0n) is 17.9. The van der Waals surface area contributed by atoms with Crippen LogP contribution in [0.5, 0.6) is 0 Å². The highest BCUT2D eigenvalue weighted by molar-refractivity contribution is 6.33. The second-order valence-corrected chi connectivity index (χ2v) is 8.41. The van der Waals surface area contributed by atoms with Crippen molar-refractivity contribution in [1.29, 1.82) is 0 Å². The Morgan fingerprint density at radius 2 is 2.03 bits per heavy atom. The van der Waals surface area contributed by atoms with Gasteiger partial charge in [0.2, 0.25) is 11.9 Å². The van der Waals surface area contributed by atoms with Gasteiger partial charge in [-0.2, -0.15) is 0 Å². The number of rotatable bonds is 5. The fourth-order valence-electron chi connectivity index (χ4n) is 4.03. The molecule has 1 aliphatic heterocycles. The van der Waals surface area contributed by atoms with E-state index in [4.69, 9.17) is 11.6 Å². The molecule has 3 aromatic carbocycles. The van der Waals surface area contributed by atoms with Gasteiger partial charge in [-0.25, -0.2) is 9.97 Å². The summed E-state index contributed by atoms with van der Waals surface area (Å²) in [5.74, 6) is 0.437. The Bertz CT molecular complexity index is 1300. The third-order valence-electron chi connectivity index (χ3n) is 5.69. The van der Waals surface area contributed by atoms with Crippen LogP contribution in [-0.2, 0) is 4.79 Å². The van der Waals surface area contributed by atoms with Crippen molar-refractivity contribution in [3.8, 4) is 11.3 Å². The first-order valence-electron chi connectivity index (χ1n) is 10.9. The number of hydrogen-bond acceptors (Lipinski definition) is 5. The van der Waals surface area contributed by atoms with Gasteiger partial charge in [0.15, 0.2) is 0 Å². The number of fused-ring (bicyclic) bond motifs is 1. The van der Waals surface area contributed by atoms with E-state index in [0.29, 0.717) is 23.2 Å². The zero-order chi connectivity index (χ0) is 22.6. The average molecular weight is 456 g/mol. The van der Waals surface area contributed by atoms with Gasteiger partial charge >= 0.3 is 0 Å². The Morgan fingerprint density at radius 1 is 1.15 bits per heavy atom. The number of halogens is 1. The van der Waals surface area contributed by atoms with Crippen LogP contribution in [0.15, 0.2) is 60.8 Å². The van der Waals surface area contributed by atoms with Crippen molar-refractivity contribution >= 4 is 45.6 Å². The van der Waals surface area contributed by atoms with Crippen LogP contribution >= 0.6 is 11.6 Å². The molecule has 33 heavy (non-hydrogen) atoms. The highest BCUT2D eigenvalue weighted by Gasteiger charge is 2.21. The summed E-state index contributed by atoms with van der Waals surface area (Å²) in [5.41, 5.74) is 2.97. The van der Waals surface area contributed by atoms with Gasteiger partial charge in [0, 0.05) is 34.3 Å². The first kappa shape index (κ1) is 21.2. The van der Waals surface area contributed by atoms with E-state index in [9.17, 15) is 4.79 Å². The molecule has 2 heterocycles. The van der Waals surface area contributed by atoms with Gasteiger partial charge in [-0.1, -0.05) is 48.0 Å². The molecular formula is C26H22ClN5O. The predicted molar refractivity (Wildman–Crippen MR) is 132 cm³/mol. The van der Waals surface area contributed by atoms with E-state index in [1.54, 1.807) is 6.20 Å². The minimum Gasteiger partial charge on any atom is -0.326 e. The molecule has 3 N–H and O–H groups in total. The molecule has 164 valence electrons. The van der Waals surface area contributed by atoms with E-state index in [-0.39, 0.29) is 11.8 Å². The summed E-state index contributed by atoms with van der Waals surface area (Å²) in [6, 6.07) is 23.4. The van der Waals surface area contributed by atoms with E-state index in [0.717, 1.165) is 47.1 Å². The molecule has 1 saturated heterocycles. The van der Waals surface area contributed by atoms with E-state index >= 15 is 0 Å². The van der Waals surface area contributed by atoms with E-state index in [2.05, 4.69) is 38.1 Å². The monoisotopic (exact) mass is 455 g/mol. The molecule has 1 atom stereocenters. The highest BCUT2D eigenvalue weighted by atomic mass is 35.5. The topological polar surface area (TPSA) is 78.9 Å². The number of piperidine rings is 1. The number of anilines is 3. The van der Waals surface area contributed by atoms with Gasteiger partial charge in [-0.15, -0.1) is 0 Å². The Hall–Kier alpha value is -3.66. The third-order valence-corrected chi connectivity index (χ3v) is 5.97. The van der Waals surface area contributed by atoms with Crippen molar-refractivity contribution in [3.05, 3.63) is 77.9 Å². The van der Waals surface area contributed by atoms with Crippen LogP contribution in [0.3, 0.4) is 0 Å². The highest BCUT2D eigenvalue weighted by Crippen LogP contribution is 2.31. The van der Waals surface area contributed by atoms with Crippen LogP contribution < -0.4 is 16.0 Å². The lowest BCUT2D eigenvalue weighted by atomic mass is 9.99. The van der Waals surface area contributed by atoms with Crippen molar-refractivity contribution < 1.29 is 4.79 Å². The van der Waals surface area contributed by atoms with E-state index in [1.807, 2.05) is 54.6 Å². The lowest BCUT2D eigenvalue weighted by Crippen LogP contribution is -2.37. The molecule has 0 unspecified atom stereocenters. The van der Waals surface area contributed by atoms with Crippen molar-refractivity contribution in [2.45, 2.75) is 12.8 Å². The van der Waals surface area contributed by atoms with Crippen LogP contribution in [0, 0.1) is 18.1 Å². The maximum Gasteiger partial charge on any atom is 0.228 e. The number of carbonyl (C=O) groups is 1. The van der Waals surface area contributed by atoms with Gasteiger partial charge in [-0.05, 0) is 49.7 Å². The number of nitrogens with one attached hydrogen (secondary N) is 3. The van der Waals surface area contributed by atoms with Crippen LogP contribution in [0.4, 0.5) is 17.3 Å². The molecule has 6 nitrogen and oxygen atoms in total. The molecule has 0 bridgehead atoms. The number of aromatic nitrogens is 2. The summed E-state index contributed by atoms with van der Waals surface area (Å²) >= 11 is 6.46. The second kappa shape index (κ2) is 9.45. The molecule has 1 amide bonds. The van der Waals surface area contributed by atoms with Crippen LogP contribution in [0.2, 0.25) is 5.02 Å². The Kier molecular flexibility index (Phi) is 6.07. The van der Waals surface area contributed by atoms with Crippen LogP contribution in [0.1, 0.15) is 12.8 Å². The first-order chi connectivity index (χ1) is 16.2. The summed E-state index contributed by atoms with van der Waals surface area (Å²) in [6.45, 7) is 1.69. The SMILES string of the molecule is O=C(Nc1cccc(Nc2ncc(Cl)c(-c3cc#cc4ccccc34)n2)c1)[C@H]1CCCNC1. The minimum absolute atomic E-state index is 0.00716. The largest absolute Gasteiger partial charge is 0.326 e. The Balaban J connectivity index is 1.38. The molecule has 0 radical (unpaired) electrons. The summed E-state index contributed by atoms with van der Waals surface area (Å²) in [5, 5.41) is 11.9. The fourth-order valence-corrected chi connectivity index (χ4v) is 4.22. The molecular weight excluding hydrogens is 434 g/mol. The molecule has 4 aromatic rings. The smallest absolute Gasteiger partial charge is 0.228 e. The normalized spacial score (nSPS) is 15.6. The lowest BCUT2D eigenvalue weighted by molar-refractivity contribution is -0.120. The van der Waals surface area contributed by atoms with E-state index < -0.39 is 0 Å². The standard InChI is InChI=1S/C26H22ClN5O/c27-23-16-29-26(32-24(23)22-12-3-7-17-6-1-2-11-21(17)22)31-20-10-4-9-19(14-20)30-25(33)18-8-5-13-28-15-18/h1-2,4,6,9-12,14,16,18,28H,5,8,13,15H2,(H,30,33)(H,29,31,32)/t18-/m0/s1. The zero-order valence-corrected chi connectivity index (χ0v) is 18.6. The number of hydrogen-bond donors (Lipinski definition) is 3. The number of amides is 1. The number of carbonyl (C=O) groups excluding carboxylic acids is 1. The molecule has 1 aromatic heterocycles. The van der Waals surface area contributed by atoms with Gasteiger partial charge in [-0.3, -0.25) is 4.79 Å². The molecule has 1 fully saturated rings. The van der Waals surface area contributed by atoms with Gasteiger partial charge < -0.3 is 16.0 Å². The molecule has 7 heteroatoms. The van der Waals surface area contributed by atoms with Gasteiger partial charge in [0.05, 0.1) is 22.8 Å². The quantitative estimate of drug-likeness (QED) is 0.384. The lowest BCUT2D eigenvalue weighted by Gasteiger charge is -2.22. The summed E-state index contributed by atoms with van der Waals surface area (Å²) in [4.78, 5) is 21.6. The maximum atomic E-state index is 12.6. The summed E-state index contributed by atoms with van der Waals surface area (Å²) in [7, 11) is 0. The minimum atomic E-state index is -0.00716. The summed E-state index contributed by atoms with van der Waals surface area (Å²) in [6.07, 6.45) is 3.50. The predicted octanol–water partition coefficient (Wildman–Crippen LogP) is 5.23. The Morgan fingerprint density at radius 3 is 2.91 bits per heavy atom. The van der Waals surface area contributed by atoms with Crippen molar-refractivity contribution in [1.82, 2.24) is 15.3 Å². The van der Waals surface area contributed by atoms with Crippen molar-refractivity contribution in [3.63, 3.8) is 0 Å². The molecule has 0 saturated carbocycles. The third kappa shape index (κ3) is 4.75.